The first-order valence-corrected chi connectivity index (χ1v) is 17.4. The van der Waals surface area contributed by atoms with Gasteiger partial charge in [-0.25, -0.2) is 4.98 Å². The fourth-order valence-electron chi connectivity index (χ4n) is 7.78. The van der Waals surface area contributed by atoms with Crippen LogP contribution in [-0.4, -0.2) is 21.0 Å². The first kappa shape index (κ1) is 34.2. The molecule has 0 fully saturated rings. The molecule has 256 valence electrons. The number of nitrogens with zero attached hydrogens (tertiary/aromatic N) is 3. The van der Waals surface area contributed by atoms with Gasteiger partial charge in [-0.05, 0) is 85.7 Å². The molecule has 0 unspecified atom stereocenters. The molecule has 3 heterocycles. The molecule has 4 aromatic carbocycles. The Labute approximate surface area is 310 Å². The second-order valence-electron chi connectivity index (χ2n) is 15.4. The number of ether oxygens (including phenoxy) is 2. The van der Waals surface area contributed by atoms with Crippen molar-refractivity contribution in [2.45, 2.75) is 91.2 Å². The molecule has 0 radical (unpaired) electrons. The molecule has 5 nitrogen and oxygen atoms in total. The summed E-state index contributed by atoms with van der Waals surface area (Å²) in [5.41, 5.74) is 8.93. The van der Waals surface area contributed by atoms with Crippen LogP contribution in [0.4, 0.5) is 0 Å². The average Bonchev–Trinajstić information content (AvgIpc) is 3.48. The van der Waals surface area contributed by atoms with Gasteiger partial charge in [0.25, 0.3) is 0 Å². The molecule has 0 saturated heterocycles. The van der Waals surface area contributed by atoms with Crippen LogP contribution < -0.4 is 4.74 Å². The van der Waals surface area contributed by atoms with Gasteiger partial charge in [0, 0.05) is 23.2 Å². The summed E-state index contributed by atoms with van der Waals surface area (Å²) in [5, 5.41) is 2.27. The van der Waals surface area contributed by atoms with Crippen molar-refractivity contribution in [2.75, 3.05) is 0 Å². The van der Waals surface area contributed by atoms with Gasteiger partial charge >= 0.3 is 21.1 Å². The van der Waals surface area contributed by atoms with Crippen molar-refractivity contribution in [2.24, 2.45) is 4.99 Å². The number of aryl methyl sites for hydroxylation is 4. The van der Waals surface area contributed by atoms with Gasteiger partial charge in [-0.2, -0.15) is 6.07 Å². The topological polar surface area (TPSA) is 48.6 Å². The van der Waals surface area contributed by atoms with Crippen molar-refractivity contribution in [3.63, 3.8) is 0 Å². The third kappa shape index (κ3) is 5.49. The Morgan fingerprint density at radius 3 is 2.48 bits per heavy atom. The van der Waals surface area contributed by atoms with Crippen molar-refractivity contribution in [3.8, 4) is 17.3 Å². The molecule has 6 aromatic rings. The number of pyridine rings is 1. The summed E-state index contributed by atoms with van der Waals surface area (Å²) < 4.78 is 15.8. The van der Waals surface area contributed by atoms with Crippen LogP contribution in [-0.2, 0) is 43.2 Å². The molecule has 0 bridgehead atoms. The summed E-state index contributed by atoms with van der Waals surface area (Å²) in [4.78, 5) is 10.2. The Bertz CT molecular complexity index is 2330. The molecule has 2 atom stereocenters. The van der Waals surface area contributed by atoms with E-state index in [1.54, 1.807) is 0 Å². The molecule has 1 aliphatic heterocycles. The summed E-state index contributed by atoms with van der Waals surface area (Å²) in [6, 6.07) is 33.0. The Balaban J connectivity index is 0.00000392. The van der Waals surface area contributed by atoms with Crippen LogP contribution in [0.2, 0.25) is 0 Å². The first-order valence-electron chi connectivity index (χ1n) is 17.4. The minimum Gasteiger partial charge on any atom is -0.508 e. The third-order valence-electron chi connectivity index (χ3n) is 10.8. The molecule has 2 aromatic heterocycles. The van der Waals surface area contributed by atoms with Gasteiger partial charge in [0.2, 0.25) is 0 Å². The minimum absolute atomic E-state index is 0. The number of aromatic nitrogens is 2. The molecule has 8 rings (SSSR count). The van der Waals surface area contributed by atoms with Crippen LogP contribution in [0, 0.1) is 32.9 Å². The van der Waals surface area contributed by atoms with Gasteiger partial charge in [0.1, 0.15) is 17.3 Å². The molecular formula is C44H43N3O2Pt. The van der Waals surface area contributed by atoms with E-state index in [0.29, 0.717) is 17.4 Å². The van der Waals surface area contributed by atoms with E-state index in [-0.39, 0.29) is 32.0 Å². The predicted molar refractivity (Wildman–Crippen MR) is 198 cm³/mol. The van der Waals surface area contributed by atoms with Crippen LogP contribution in [0.15, 0.2) is 84.0 Å². The van der Waals surface area contributed by atoms with E-state index in [2.05, 4.69) is 139 Å². The number of rotatable bonds is 4. The third-order valence-corrected chi connectivity index (χ3v) is 10.8. The molecular weight excluding hydrogens is 798 g/mol. The van der Waals surface area contributed by atoms with Crippen LogP contribution in [0.1, 0.15) is 86.4 Å². The van der Waals surface area contributed by atoms with Crippen LogP contribution in [0.25, 0.3) is 27.6 Å². The predicted octanol–water partition coefficient (Wildman–Crippen LogP) is 10.6. The van der Waals surface area contributed by atoms with Gasteiger partial charge in [0.15, 0.2) is 0 Å². The second-order valence-corrected chi connectivity index (χ2v) is 15.4. The SMILES string of the molecule is Cc1ccc2c(c1)c1ccc(Oc3[c-]c(C4=N[C@]5(C)CCCc6ccccc6[C@]5(C)O4)c(C)cc3C)[c-]c1n2-c1cc(C(C)(C)C)ccn1.[Pt+2]. The molecule has 0 saturated carbocycles. The Morgan fingerprint density at radius 1 is 0.880 bits per heavy atom. The number of aliphatic imine (C=N–C) groups is 1. The molecule has 0 amide bonds. The van der Waals surface area contributed by atoms with E-state index in [0.717, 1.165) is 58.2 Å². The zero-order chi connectivity index (χ0) is 34.3. The van der Waals surface area contributed by atoms with E-state index < -0.39 is 5.60 Å². The molecule has 0 N–H and O–H groups in total. The molecule has 2 aliphatic rings. The van der Waals surface area contributed by atoms with E-state index in [4.69, 9.17) is 19.5 Å². The fraction of sp³-hybridized carbons (Fsp3) is 0.318. The Morgan fingerprint density at radius 2 is 1.68 bits per heavy atom. The second kappa shape index (κ2) is 12.2. The van der Waals surface area contributed by atoms with Gasteiger partial charge in [-0.3, -0.25) is 4.99 Å². The minimum atomic E-state index is -0.565. The van der Waals surface area contributed by atoms with Crippen molar-refractivity contribution < 1.29 is 30.5 Å². The van der Waals surface area contributed by atoms with Crippen molar-refractivity contribution in [1.82, 2.24) is 9.55 Å². The largest absolute Gasteiger partial charge is 2.00 e. The zero-order valence-electron chi connectivity index (χ0n) is 30.1. The monoisotopic (exact) mass is 840 g/mol. The van der Waals surface area contributed by atoms with Gasteiger partial charge < -0.3 is 14.0 Å². The normalized spacial score (nSPS) is 20.0. The number of benzene rings is 4. The van der Waals surface area contributed by atoms with Crippen LogP contribution in [0.5, 0.6) is 11.5 Å². The van der Waals surface area contributed by atoms with E-state index in [9.17, 15) is 0 Å². The Kier molecular flexibility index (Phi) is 8.38. The van der Waals surface area contributed by atoms with Crippen molar-refractivity contribution >= 4 is 27.7 Å². The standard InChI is InChI=1S/C44H43N3O2.Pt/c1-27-15-18-37-35(22-27)33-17-16-32(25-38(33)47(37)40-24-31(19-21-45-40)42(4,5)6)48-39-26-34(28(2)23-29(39)3)41-46-43(7)20-11-13-30-12-9-10-14-36(30)44(43,8)49-41;/h9-10,12,14-19,21-24H,11,13,20H2,1-8H3;/q-2;+2/t43-,44+;/m1./s1. The van der Waals surface area contributed by atoms with E-state index >= 15 is 0 Å². The number of hydrogen-bond donors (Lipinski definition) is 0. The smallest absolute Gasteiger partial charge is 0.508 e. The number of hydrogen-bond acceptors (Lipinski definition) is 4. The first-order chi connectivity index (χ1) is 23.3. The molecule has 6 heteroatoms. The maximum Gasteiger partial charge on any atom is 2.00 e. The summed E-state index contributed by atoms with van der Waals surface area (Å²) in [7, 11) is 0. The zero-order valence-corrected chi connectivity index (χ0v) is 32.4. The Hall–Kier alpha value is -4.21. The van der Waals surface area contributed by atoms with E-state index in [1.165, 1.54) is 27.6 Å². The molecule has 1 aliphatic carbocycles. The van der Waals surface area contributed by atoms with E-state index in [1.807, 2.05) is 12.3 Å². The quantitative estimate of drug-likeness (QED) is 0.166. The van der Waals surface area contributed by atoms with Gasteiger partial charge in [-0.1, -0.05) is 99.3 Å². The summed E-state index contributed by atoms with van der Waals surface area (Å²) >= 11 is 0. The van der Waals surface area contributed by atoms with Crippen LogP contribution >= 0.6 is 0 Å². The summed E-state index contributed by atoms with van der Waals surface area (Å²) in [6.07, 6.45) is 4.96. The van der Waals surface area contributed by atoms with Gasteiger partial charge in [-0.15, -0.1) is 29.1 Å². The molecule has 0 spiro atoms. The maximum atomic E-state index is 6.92. The summed E-state index contributed by atoms with van der Waals surface area (Å²) in [5.74, 6) is 2.74. The van der Waals surface area contributed by atoms with Crippen molar-refractivity contribution in [1.29, 1.82) is 0 Å². The van der Waals surface area contributed by atoms with Gasteiger partial charge in [0.05, 0.1) is 5.54 Å². The molecule has 50 heavy (non-hydrogen) atoms. The summed E-state index contributed by atoms with van der Waals surface area (Å²) in [6.45, 7) is 17.4. The fourth-order valence-corrected chi connectivity index (χ4v) is 7.78. The average molecular weight is 841 g/mol. The van der Waals surface area contributed by atoms with Crippen LogP contribution in [0.3, 0.4) is 0 Å². The maximum absolute atomic E-state index is 6.92. The van der Waals surface area contributed by atoms with Crippen molar-refractivity contribution in [3.05, 3.63) is 130 Å². The number of fused-ring (bicyclic) bond motifs is 6.